The molecule has 0 bridgehead atoms. The fraction of sp³-hybridized carbons (Fsp3) is 0.333. The highest BCUT2D eigenvalue weighted by Crippen LogP contribution is 2.59. The number of rotatable bonds is 9. The Bertz CT molecular complexity index is 1450. The number of carbonyl (C=O) groups excluding carboxylic acids is 3. The van der Waals surface area contributed by atoms with Gasteiger partial charge in [0.15, 0.2) is 0 Å². The first kappa shape index (κ1) is 27.4. The zero-order valence-electron chi connectivity index (χ0n) is 22.7. The lowest BCUT2D eigenvalue weighted by molar-refractivity contribution is -0.139. The molecule has 2 aliphatic rings. The summed E-state index contributed by atoms with van der Waals surface area (Å²) in [4.78, 5) is 42.5. The zero-order chi connectivity index (χ0) is 28.6. The van der Waals surface area contributed by atoms with E-state index >= 15 is 0 Å². The van der Waals surface area contributed by atoms with E-state index in [2.05, 4.69) is 17.6 Å². The van der Waals surface area contributed by atoms with Gasteiger partial charge in [-0.3, -0.25) is 19.8 Å². The Kier molecular flexibility index (Phi) is 7.37. The fourth-order valence-corrected chi connectivity index (χ4v) is 6.11. The highest BCUT2D eigenvalue weighted by molar-refractivity contribution is 7.14. The lowest BCUT2D eigenvalue weighted by Gasteiger charge is -2.28. The molecule has 3 amide bonds. The van der Waals surface area contributed by atoms with Gasteiger partial charge in [0.2, 0.25) is 11.8 Å². The number of piperidine rings is 1. The van der Waals surface area contributed by atoms with Crippen LogP contribution in [-0.4, -0.2) is 47.1 Å². The number of thiophene rings is 1. The van der Waals surface area contributed by atoms with E-state index in [4.69, 9.17) is 15.9 Å². The Morgan fingerprint density at radius 1 is 1.07 bits per heavy atom. The highest BCUT2D eigenvalue weighted by Gasteiger charge is 2.64. The smallest absolute Gasteiger partial charge is 0.251 e. The molecule has 2 fully saturated rings. The molecule has 40 heavy (non-hydrogen) atoms. The van der Waals surface area contributed by atoms with Gasteiger partial charge in [-0.25, -0.2) is 0 Å². The van der Waals surface area contributed by atoms with Crippen molar-refractivity contribution in [2.75, 3.05) is 6.54 Å². The number of amidine groups is 1. The monoisotopic (exact) mass is 559 g/mol. The van der Waals surface area contributed by atoms with Gasteiger partial charge in [-0.2, -0.15) is 0 Å². The Hall–Kier alpha value is -4.18. The molecule has 0 radical (unpaired) electrons. The number of hydrogen-bond acceptors (Lipinski definition) is 6. The van der Waals surface area contributed by atoms with Crippen molar-refractivity contribution in [3.63, 3.8) is 0 Å². The molecule has 4 atom stereocenters. The molecule has 1 unspecified atom stereocenters. The molecule has 1 aliphatic carbocycles. The first-order chi connectivity index (χ1) is 19.0. The van der Waals surface area contributed by atoms with Crippen LogP contribution in [0.3, 0.4) is 0 Å². The van der Waals surface area contributed by atoms with Crippen molar-refractivity contribution in [3.05, 3.63) is 81.5 Å². The van der Waals surface area contributed by atoms with Crippen molar-refractivity contribution in [2.45, 2.75) is 51.7 Å². The molecular formula is C30H33N5O4S. The summed E-state index contributed by atoms with van der Waals surface area (Å²) in [5.74, 6) is 0.426. The van der Waals surface area contributed by atoms with Crippen molar-refractivity contribution < 1.29 is 19.1 Å². The van der Waals surface area contributed by atoms with Crippen LogP contribution in [0.5, 0.6) is 11.5 Å². The van der Waals surface area contributed by atoms with Gasteiger partial charge in [0.25, 0.3) is 5.91 Å². The average molecular weight is 560 g/mol. The summed E-state index contributed by atoms with van der Waals surface area (Å²) in [6.07, 6.45) is 1.43. The number of nitrogens with zero attached hydrogens (tertiary/aromatic N) is 1. The maximum Gasteiger partial charge on any atom is 0.251 e. The predicted molar refractivity (Wildman–Crippen MR) is 154 cm³/mol. The first-order valence-corrected chi connectivity index (χ1v) is 14.0. The summed E-state index contributed by atoms with van der Waals surface area (Å²) in [5, 5.41) is 13.3. The predicted octanol–water partition coefficient (Wildman–Crippen LogP) is 4.12. The number of fused-ring (bicyclic) bond motifs is 1. The second-order valence-electron chi connectivity index (χ2n) is 10.9. The van der Waals surface area contributed by atoms with Gasteiger partial charge < -0.3 is 26.0 Å². The molecular weight excluding hydrogens is 526 g/mol. The number of nitrogens with one attached hydrogen (secondary N) is 3. The second-order valence-corrected chi connectivity index (χ2v) is 12.0. The van der Waals surface area contributed by atoms with Gasteiger partial charge in [-0.05, 0) is 80.6 Å². The molecule has 1 aliphatic heterocycles. The molecule has 3 aromatic rings. The number of carbonyl (C=O) groups is 3. The number of amides is 3. The quantitative estimate of drug-likeness (QED) is 0.231. The third-order valence-corrected chi connectivity index (χ3v) is 8.98. The van der Waals surface area contributed by atoms with Crippen LogP contribution in [-0.2, 0) is 9.59 Å². The fourth-order valence-electron chi connectivity index (χ4n) is 5.24. The minimum absolute atomic E-state index is 0.00721. The number of benzene rings is 2. The normalized spacial score (nSPS) is 21.7. The van der Waals surface area contributed by atoms with Gasteiger partial charge in [0, 0.05) is 16.5 Å². The summed E-state index contributed by atoms with van der Waals surface area (Å²) < 4.78 is 5.82. The zero-order valence-corrected chi connectivity index (χ0v) is 23.5. The van der Waals surface area contributed by atoms with Crippen molar-refractivity contribution in [2.24, 2.45) is 11.1 Å². The Balaban J connectivity index is 1.17. The van der Waals surface area contributed by atoms with E-state index in [0.717, 1.165) is 16.9 Å². The molecule has 10 heteroatoms. The number of nitrogen functional groups attached to an aromatic ring is 1. The molecule has 1 saturated carbocycles. The maximum atomic E-state index is 13.3. The summed E-state index contributed by atoms with van der Waals surface area (Å²) in [6, 6.07) is 17.1. The Morgan fingerprint density at radius 3 is 2.35 bits per heavy atom. The molecule has 2 heterocycles. The number of ether oxygens (including phenoxy) is 1. The SMILES string of the molecule is Cc1ccc(Oc2ccc(C(=O)NCC(=O)N3[C@H]4C[C@@]4(C)C[C@H]3C(=O)NC(C)c3ccc(C(=N)N)s3)cc2)cc1. The van der Waals surface area contributed by atoms with Crippen LogP contribution in [0.4, 0.5) is 0 Å². The van der Waals surface area contributed by atoms with Crippen LogP contribution in [0.1, 0.15) is 58.4 Å². The van der Waals surface area contributed by atoms with E-state index in [1.54, 1.807) is 35.2 Å². The third kappa shape index (κ3) is 5.72. The van der Waals surface area contributed by atoms with E-state index < -0.39 is 6.04 Å². The molecule has 2 aromatic carbocycles. The highest BCUT2D eigenvalue weighted by atomic mass is 32.1. The van der Waals surface area contributed by atoms with Crippen molar-refractivity contribution in [3.8, 4) is 11.5 Å². The topological polar surface area (TPSA) is 138 Å². The van der Waals surface area contributed by atoms with Gasteiger partial charge in [-0.1, -0.05) is 24.6 Å². The van der Waals surface area contributed by atoms with Crippen LogP contribution < -0.4 is 21.1 Å². The van der Waals surface area contributed by atoms with E-state index in [1.807, 2.05) is 44.2 Å². The molecule has 208 valence electrons. The van der Waals surface area contributed by atoms with E-state index in [-0.39, 0.29) is 47.6 Å². The lowest BCUT2D eigenvalue weighted by atomic mass is 10.0. The van der Waals surface area contributed by atoms with Gasteiger partial charge in [-0.15, -0.1) is 11.3 Å². The molecule has 9 nitrogen and oxygen atoms in total. The van der Waals surface area contributed by atoms with Crippen LogP contribution in [0.25, 0.3) is 0 Å². The maximum absolute atomic E-state index is 13.3. The van der Waals surface area contributed by atoms with E-state index in [1.165, 1.54) is 11.3 Å². The number of aryl methyl sites for hydroxylation is 1. The number of hydrogen-bond donors (Lipinski definition) is 4. The van der Waals surface area contributed by atoms with Gasteiger partial charge >= 0.3 is 0 Å². The van der Waals surface area contributed by atoms with Crippen molar-refractivity contribution in [1.29, 1.82) is 5.41 Å². The Labute approximate surface area is 237 Å². The van der Waals surface area contributed by atoms with E-state index in [9.17, 15) is 14.4 Å². The van der Waals surface area contributed by atoms with Crippen LogP contribution in [0.2, 0.25) is 0 Å². The van der Waals surface area contributed by atoms with Crippen LogP contribution in [0.15, 0.2) is 60.7 Å². The van der Waals surface area contributed by atoms with E-state index in [0.29, 0.717) is 28.4 Å². The second kappa shape index (κ2) is 10.8. The molecule has 5 N–H and O–H groups in total. The van der Waals surface area contributed by atoms with Gasteiger partial charge in [0.05, 0.1) is 17.5 Å². The molecule has 1 saturated heterocycles. The molecule has 5 rings (SSSR count). The van der Waals surface area contributed by atoms with Crippen molar-refractivity contribution in [1.82, 2.24) is 15.5 Å². The minimum Gasteiger partial charge on any atom is -0.457 e. The molecule has 1 aromatic heterocycles. The summed E-state index contributed by atoms with van der Waals surface area (Å²) >= 11 is 1.36. The lowest BCUT2D eigenvalue weighted by Crippen LogP contribution is -2.51. The van der Waals surface area contributed by atoms with Crippen LogP contribution >= 0.6 is 11.3 Å². The van der Waals surface area contributed by atoms with Crippen molar-refractivity contribution >= 4 is 34.9 Å². The number of likely N-dealkylation sites (tertiary alicyclic amines) is 1. The first-order valence-electron chi connectivity index (χ1n) is 13.2. The molecule has 0 spiro atoms. The van der Waals surface area contributed by atoms with Crippen LogP contribution in [0, 0.1) is 17.7 Å². The average Bonchev–Trinajstić information content (AvgIpc) is 3.26. The Morgan fingerprint density at radius 2 is 1.73 bits per heavy atom. The third-order valence-electron chi connectivity index (χ3n) is 7.68. The summed E-state index contributed by atoms with van der Waals surface area (Å²) in [5.41, 5.74) is 7.03. The van der Waals surface area contributed by atoms with Gasteiger partial charge in [0.1, 0.15) is 23.4 Å². The largest absolute Gasteiger partial charge is 0.457 e. The summed E-state index contributed by atoms with van der Waals surface area (Å²) in [6.45, 7) is 5.77. The number of nitrogens with two attached hydrogens (primary N) is 1. The standard InChI is InChI=1S/C30H33N5O4S/c1-17-4-8-20(9-5-17)39-21-10-6-19(7-11-21)28(37)33-16-26(36)35-22(14-30(3)15-25(30)35)29(38)34-18(2)23-12-13-24(40-23)27(31)32/h4-13,18,22,25H,14-16H2,1-3H3,(H3,31,32)(H,33,37)(H,34,38)/t18?,22-,25-,30+/m0/s1. The minimum atomic E-state index is -0.596. The summed E-state index contributed by atoms with van der Waals surface area (Å²) in [7, 11) is 0.